The normalized spacial score (nSPS) is 19.0. The van der Waals surface area contributed by atoms with E-state index in [0.717, 1.165) is 45.3 Å². The number of hydrogen-bond acceptors (Lipinski definition) is 2. The first-order valence-electron chi connectivity index (χ1n) is 7.70. The zero-order chi connectivity index (χ0) is 14.3. The van der Waals surface area contributed by atoms with Gasteiger partial charge in [-0.3, -0.25) is 9.59 Å². The minimum atomic E-state index is -0.110. The number of unbranched alkanes of at least 4 members (excludes halogenated alkanes) is 2. The van der Waals surface area contributed by atoms with Gasteiger partial charge in [0.2, 0.25) is 11.8 Å². The largest absolute Gasteiger partial charge is 0.343 e. The van der Waals surface area contributed by atoms with Gasteiger partial charge >= 0.3 is 0 Å². The second-order valence-corrected chi connectivity index (χ2v) is 5.37. The molecule has 1 aliphatic heterocycles. The third-order valence-corrected chi connectivity index (χ3v) is 3.82. The molecule has 0 aromatic rings. The van der Waals surface area contributed by atoms with Crippen LogP contribution in [-0.2, 0) is 9.59 Å². The molecular formula is C15H28N2O2. The van der Waals surface area contributed by atoms with E-state index in [4.69, 9.17) is 0 Å². The van der Waals surface area contributed by atoms with Crippen molar-refractivity contribution in [2.24, 2.45) is 5.92 Å². The third kappa shape index (κ3) is 4.51. The Kier molecular flexibility index (Phi) is 6.89. The van der Waals surface area contributed by atoms with Crippen LogP contribution < -0.4 is 0 Å². The summed E-state index contributed by atoms with van der Waals surface area (Å²) in [6, 6.07) is 0. The molecule has 4 heteroatoms. The van der Waals surface area contributed by atoms with Crippen LogP contribution in [0.4, 0.5) is 0 Å². The molecule has 0 unspecified atom stereocenters. The Morgan fingerprint density at radius 2 is 1.95 bits per heavy atom. The quantitative estimate of drug-likeness (QED) is 0.677. The lowest BCUT2D eigenvalue weighted by atomic mass is 10.1. The van der Waals surface area contributed by atoms with Gasteiger partial charge in [0.15, 0.2) is 0 Å². The fraction of sp³-hybridized carbons (Fsp3) is 0.867. The average Bonchev–Trinajstić information content (AvgIpc) is 2.78. The topological polar surface area (TPSA) is 40.6 Å². The predicted molar refractivity (Wildman–Crippen MR) is 76.8 cm³/mol. The Balaban J connectivity index is 2.51. The maximum Gasteiger partial charge on any atom is 0.227 e. The first-order valence-corrected chi connectivity index (χ1v) is 7.70. The molecule has 0 aromatic carbocycles. The Hall–Kier alpha value is -1.06. The summed E-state index contributed by atoms with van der Waals surface area (Å²) in [5, 5.41) is 0. The van der Waals surface area contributed by atoms with Crippen molar-refractivity contribution in [3.63, 3.8) is 0 Å². The number of hydrogen-bond donors (Lipinski definition) is 0. The van der Waals surface area contributed by atoms with Crippen molar-refractivity contribution < 1.29 is 9.59 Å². The van der Waals surface area contributed by atoms with Crippen molar-refractivity contribution in [3.8, 4) is 0 Å². The van der Waals surface area contributed by atoms with E-state index in [-0.39, 0.29) is 17.7 Å². The SMILES string of the molecule is CCCCN1C[C@H](C(=O)N(CC)CCCC)CC1=O. The summed E-state index contributed by atoms with van der Waals surface area (Å²) in [5.41, 5.74) is 0. The van der Waals surface area contributed by atoms with Crippen LogP contribution in [0, 0.1) is 5.92 Å². The van der Waals surface area contributed by atoms with E-state index in [0.29, 0.717) is 13.0 Å². The standard InChI is InChI=1S/C15H28N2O2/c1-4-7-9-16(6-3)15(19)13-11-14(18)17(12-13)10-8-5-2/h13H,4-12H2,1-3H3/t13-/m1/s1. The maximum atomic E-state index is 12.4. The molecule has 0 aromatic heterocycles. The molecule has 0 spiro atoms. The van der Waals surface area contributed by atoms with Crippen molar-refractivity contribution in [1.82, 2.24) is 9.80 Å². The highest BCUT2D eigenvalue weighted by atomic mass is 16.2. The van der Waals surface area contributed by atoms with Crippen molar-refractivity contribution in [3.05, 3.63) is 0 Å². The molecule has 1 heterocycles. The monoisotopic (exact) mass is 268 g/mol. The predicted octanol–water partition coefficient (Wildman–Crippen LogP) is 2.28. The number of rotatable bonds is 8. The maximum absolute atomic E-state index is 12.4. The van der Waals surface area contributed by atoms with E-state index < -0.39 is 0 Å². The van der Waals surface area contributed by atoms with Crippen LogP contribution in [0.3, 0.4) is 0 Å². The van der Waals surface area contributed by atoms with Gasteiger partial charge in [-0.05, 0) is 19.8 Å². The highest BCUT2D eigenvalue weighted by molar-refractivity contribution is 5.89. The summed E-state index contributed by atoms with van der Waals surface area (Å²) in [6.07, 6.45) is 4.65. The molecule has 0 radical (unpaired) electrons. The molecule has 0 bridgehead atoms. The summed E-state index contributed by atoms with van der Waals surface area (Å²) in [5.74, 6) is 0.211. The molecule has 0 aliphatic carbocycles. The van der Waals surface area contributed by atoms with Crippen LogP contribution in [0.25, 0.3) is 0 Å². The summed E-state index contributed by atoms with van der Waals surface area (Å²) in [6.45, 7) is 9.26. The van der Waals surface area contributed by atoms with Gasteiger partial charge in [0.05, 0.1) is 5.92 Å². The Morgan fingerprint density at radius 1 is 1.26 bits per heavy atom. The Morgan fingerprint density at radius 3 is 2.53 bits per heavy atom. The molecule has 0 N–H and O–H groups in total. The number of nitrogens with zero attached hydrogens (tertiary/aromatic N) is 2. The first-order chi connectivity index (χ1) is 9.13. The molecular weight excluding hydrogens is 240 g/mol. The van der Waals surface area contributed by atoms with E-state index >= 15 is 0 Å². The number of carbonyl (C=O) groups excluding carboxylic acids is 2. The summed E-state index contributed by atoms with van der Waals surface area (Å²) < 4.78 is 0. The van der Waals surface area contributed by atoms with E-state index in [1.165, 1.54) is 0 Å². The van der Waals surface area contributed by atoms with Gasteiger partial charge in [-0.25, -0.2) is 0 Å². The fourth-order valence-corrected chi connectivity index (χ4v) is 2.53. The van der Waals surface area contributed by atoms with Crippen molar-refractivity contribution in [1.29, 1.82) is 0 Å². The average molecular weight is 268 g/mol. The van der Waals surface area contributed by atoms with Gasteiger partial charge in [-0.1, -0.05) is 26.7 Å². The van der Waals surface area contributed by atoms with E-state index in [1.54, 1.807) is 0 Å². The molecule has 1 saturated heterocycles. The summed E-state index contributed by atoms with van der Waals surface area (Å²) in [4.78, 5) is 28.0. The molecule has 1 fully saturated rings. The van der Waals surface area contributed by atoms with Crippen molar-refractivity contribution in [2.45, 2.75) is 52.9 Å². The van der Waals surface area contributed by atoms with Crippen LogP contribution in [0.5, 0.6) is 0 Å². The Labute approximate surface area is 117 Å². The minimum Gasteiger partial charge on any atom is -0.343 e. The van der Waals surface area contributed by atoms with Crippen LogP contribution in [0.1, 0.15) is 52.9 Å². The van der Waals surface area contributed by atoms with Gasteiger partial charge in [0.1, 0.15) is 0 Å². The molecule has 1 aliphatic rings. The molecule has 1 rings (SSSR count). The number of carbonyl (C=O) groups is 2. The second kappa shape index (κ2) is 8.18. The Bertz CT molecular complexity index is 305. The molecule has 4 nitrogen and oxygen atoms in total. The molecule has 2 amide bonds. The number of amides is 2. The van der Waals surface area contributed by atoms with Gasteiger partial charge in [0.25, 0.3) is 0 Å². The van der Waals surface area contributed by atoms with Gasteiger partial charge < -0.3 is 9.80 Å². The third-order valence-electron chi connectivity index (χ3n) is 3.82. The smallest absolute Gasteiger partial charge is 0.227 e. The molecule has 1 atom stereocenters. The minimum absolute atomic E-state index is 0.110. The first kappa shape index (κ1) is 16.0. The van der Waals surface area contributed by atoms with Crippen molar-refractivity contribution >= 4 is 11.8 Å². The lowest BCUT2D eigenvalue weighted by Crippen LogP contribution is -2.38. The second-order valence-electron chi connectivity index (χ2n) is 5.37. The lowest BCUT2D eigenvalue weighted by molar-refractivity contribution is -0.135. The van der Waals surface area contributed by atoms with Crippen LogP contribution in [0.2, 0.25) is 0 Å². The van der Waals surface area contributed by atoms with Gasteiger partial charge in [-0.2, -0.15) is 0 Å². The van der Waals surface area contributed by atoms with Crippen molar-refractivity contribution in [2.75, 3.05) is 26.2 Å². The van der Waals surface area contributed by atoms with Gasteiger partial charge in [0, 0.05) is 32.6 Å². The van der Waals surface area contributed by atoms with Crippen LogP contribution >= 0.6 is 0 Å². The van der Waals surface area contributed by atoms with E-state index in [2.05, 4.69) is 13.8 Å². The van der Waals surface area contributed by atoms with Crippen LogP contribution in [0.15, 0.2) is 0 Å². The van der Waals surface area contributed by atoms with E-state index in [1.807, 2.05) is 16.7 Å². The highest BCUT2D eigenvalue weighted by Gasteiger charge is 2.35. The fourth-order valence-electron chi connectivity index (χ4n) is 2.53. The summed E-state index contributed by atoms with van der Waals surface area (Å²) >= 11 is 0. The molecule has 0 saturated carbocycles. The molecule has 110 valence electrons. The molecule has 19 heavy (non-hydrogen) atoms. The lowest BCUT2D eigenvalue weighted by Gasteiger charge is -2.24. The highest BCUT2D eigenvalue weighted by Crippen LogP contribution is 2.20. The summed E-state index contributed by atoms with van der Waals surface area (Å²) in [7, 11) is 0. The van der Waals surface area contributed by atoms with Gasteiger partial charge in [-0.15, -0.1) is 0 Å². The number of likely N-dealkylation sites (tertiary alicyclic amines) is 1. The van der Waals surface area contributed by atoms with E-state index in [9.17, 15) is 9.59 Å². The zero-order valence-electron chi connectivity index (χ0n) is 12.7. The zero-order valence-corrected chi connectivity index (χ0v) is 12.7. The van der Waals surface area contributed by atoms with Crippen LogP contribution in [-0.4, -0.2) is 47.8 Å².